The summed E-state index contributed by atoms with van der Waals surface area (Å²) in [6, 6.07) is 16.5. The minimum Gasteiger partial charge on any atom is -0.393 e. The number of aliphatic hydroxyl groups is 1. The highest BCUT2D eigenvalue weighted by Gasteiger charge is 2.40. The van der Waals surface area contributed by atoms with Gasteiger partial charge in [-0.15, -0.1) is 0 Å². The SMILES string of the molecule is CC[C@]1(n2c3ccccc3c3c(CNC)c(C=O)c4c5ccccc5[nH]c4c32)C[C@@H](O)CCO1. The molecule has 1 saturated heterocycles. The first-order chi connectivity index (χ1) is 16.6. The van der Waals surface area contributed by atoms with E-state index in [0.29, 0.717) is 31.6 Å². The van der Waals surface area contributed by atoms with Crippen LogP contribution >= 0.6 is 0 Å². The van der Waals surface area contributed by atoms with Crippen LogP contribution in [0, 0.1) is 0 Å². The first kappa shape index (κ1) is 21.4. The van der Waals surface area contributed by atoms with Crippen LogP contribution in [-0.2, 0) is 17.0 Å². The van der Waals surface area contributed by atoms with Gasteiger partial charge in [-0.2, -0.15) is 0 Å². The van der Waals surface area contributed by atoms with Crippen molar-refractivity contribution in [2.24, 2.45) is 0 Å². The molecular formula is C28H29N3O3. The zero-order chi connectivity index (χ0) is 23.4. The quantitative estimate of drug-likeness (QED) is 0.319. The van der Waals surface area contributed by atoms with Gasteiger partial charge in [0.05, 0.1) is 29.3 Å². The minimum absolute atomic E-state index is 0.422. The second kappa shape index (κ2) is 7.94. The summed E-state index contributed by atoms with van der Waals surface area (Å²) in [6.45, 7) is 3.20. The first-order valence-corrected chi connectivity index (χ1v) is 12.0. The third-order valence-corrected chi connectivity index (χ3v) is 7.52. The molecule has 5 aromatic rings. The van der Waals surface area contributed by atoms with E-state index in [-0.39, 0.29) is 0 Å². The lowest BCUT2D eigenvalue weighted by atomic mass is 9.94. The number of benzene rings is 3. The van der Waals surface area contributed by atoms with Crippen molar-refractivity contribution in [2.45, 2.75) is 44.6 Å². The Bertz CT molecular complexity index is 1560. The highest BCUT2D eigenvalue weighted by Crippen LogP contribution is 2.46. The van der Waals surface area contributed by atoms with E-state index in [2.05, 4.69) is 46.1 Å². The third-order valence-electron chi connectivity index (χ3n) is 7.52. The fourth-order valence-corrected chi connectivity index (χ4v) is 6.06. The Morgan fingerprint density at radius 3 is 2.68 bits per heavy atom. The Morgan fingerprint density at radius 1 is 1.18 bits per heavy atom. The van der Waals surface area contributed by atoms with E-state index in [1.165, 1.54) is 0 Å². The number of carbonyl (C=O) groups is 1. The molecule has 0 saturated carbocycles. The maximum absolute atomic E-state index is 12.6. The summed E-state index contributed by atoms with van der Waals surface area (Å²) in [7, 11) is 1.91. The van der Waals surface area contributed by atoms with Crippen LogP contribution in [0.25, 0.3) is 43.6 Å². The Morgan fingerprint density at radius 2 is 1.94 bits per heavy atom. The lowest BCUT2D eigenvalue weighted by Gasteiger charge is -2.41. The van der Waals surface area contributed by atoms with Gasteiger partial charge in [0.2, 0.25) is 0 Å². The van der Waals surface area contributed by atoms with Crippen LogP contribution in [0.15, 0.2) is 48.5 Å². The summed E-state index contributed by atoms with van der Waals surface area (Å²) >= 11 is 0. The molecular weight excluding hydrogens is 426 g/mol. The van der Waals surface area contributed by atoms with Crippen molar-refractivity contribution in [3.8, 4) is 0 Å². The summed E-state index contributed by atoms with van der Waals surface area (Å²) in [4.78, 5) is 16.2. The van der Waals surface area contributed by atoms with Gasteiger partial charge in [-0.3, -0.25) is 4.79 Å². The molecule has 6 heteroatoms. The van der Waals surface area contributed by atoms with Crippen molar-refractivity contribution >= 4 is 49.9 Å². The van der Waals surface area contributed by atoms with Crippen LogP contribution in [-0.4, -0.2) is 40.7 Å². The van der Waals surface area contributed by atoms with E-state index >= 15 is 0 Å². The molecule has 3 N–H and O–H groups in total. The van der Waals surface area contributed by atoms with Crippen molar-refractivity contribution < 1.29 is 14.6 Å². The predicted molar refractivity (Wildman–Crippen MR) is 136 cm³/mol. The molecule has 1 fully saturated rings. The standard InChI is InChI=1S/C28H29N3O3/c1-3-28(14-17(33)12-13-34-28)31-23-11-7-5-9-19(23)25-20(15-29-2)21(16-32)24-18-8-4-6-10-22(18)30-26(24)27(25)31/h4-11,16-17,29-30,33H,3,12-15H2,1-2H3/t17-,28+/m0/s1. The second-order valence-electron chi connectivity index (χ2n) is 9.33. The molecule has 0 radical (unpaired) electrons. The van der Waals surface area contributed by atoms with Gasteiger partial charge < -0.3 is 24.7 Å². The largest absolute Gasteiger partial charge is 0.393 e. The summed E-state index contributed by atoms with van der Waals surface area (Å²) in [5.41, 5.74) is 5.03. The normalized spacial score (nSPS) is 21.2. The highest BCUT2D eigenvalue weighted by atomic mass is 16.5. The molecule has 0 spiro atoms. The second-order valence-corrected chi connectivity index (χ2v) is 9.33. The molecule has 0 unspecified atom stereocenters. The van der Waals surface area contributed by atoms with E-state index in [1.807, 2.05) is 31.3 Å². The number of hydrogen-bond acceptors (Lipinski definition) is 4. The number of nitrogens with one attached hydrogen (secondary N) is 2. The van der Waals surface area contributed by atoms with Crippen molar-refractivity contribution in [3.05, 3.63) is 59.7 Å². The highest BCUT2D eigenvalue weighted by molar-refractivity contribution is 6.27. The third kappa shape index (κ3) is 2.83. The average molecular weight is 456 g/mol. The molecule has 174 valence electrons. The van der Waals surface area contributed by atoms with E-state index in [0.717, 1.165) is 61.9 Å². The van der Waals surface area contributed by atoms with Gasteiger partial charge in [-0.25, -0.2) is 0 Å². The Labute approximate surface area is 197 Å². The van der Waals surface area contributed by atoms with Gasteiger partial charge in [0.25, 0.3) is 0 Å². The van der Waals surface area contributed by atoms with Crippen LogP contribution in [0.5, 0.6) is 0 Å². The molecule has 3 aromatic carbocycles. The van der Waals surface area contributed by atoms with E-state index < -0.39 is 11.8 Å². The number of aliphatic hydroxyl groups excluding tert-OH is 1. The molecule has 6 rings (SSSR count). The molecule has 6 nitrogen and oxygen atoms in total. The molecule has 2 atom stereocenters. The average Bonchev–Trinajstić information content (AvgIpc) is 3.41. The van der Waals surface area contributed by atoms with Crippen molar-refractivity contribution in [1.82, 2.24) is 14.9 Å². The fraction of sp³-hybridized carbons (Fsp3) is 0.321. The number of nitrogens with zero attached hydrogens (tertiary/aromatic N) is 1. The number of rotatable bonds is 5. The maximum Gasteiger partial charge on any atom is 0.151 e. The van der Waals surface area contributed by atoms with E-state index in [4.69, 9.17) is 4.74 Å². The van der Waals surface area contributed by atoms with Crippen molar-refractivity contribution in [2.75, 3.05) is 13.7 Å². The molecule has 0 aliphatic carbocycles. The lowest BCUT2D eigenvalue weighted by Crippen LogP contribution is -2.43. The first-order valence-electron chi connectivity index (χ1n) is 12.0. The van der Waals surface area contributed by atoms with Crippen LogP contribution in [0.2, 0.25) is 0 Å². The van der Waals surface area contributed by atoms with Crippen LogP contribution < -0.4 is 5.32 Å². The zero-order valence-electron chi connectivity index (χ0n) is 19.5. The van der Waals surface area contributed by atoms with Crippen molar-refractivity contribution in [1.29, 1.82) is 0 Å². The van der Waals surface area contributed by atoms with E-state index in [9.17, 15) is 9.90 Å². The van der Waals surface area contributed by atoms with Gasteiger partial charge in [0.1, 0.15) is 5.72 Å². The topological polar surface area (TPSA) is 79.3 Å². The van der Waals surface area contributed by atoms with Gasteiger partial charge in [0, 0.05) is 45.6 Å². The Kier molecular flexibility index (Phi) is 4.99. The molecule has 0 bridgehead atoms. The summed E-state index contributed by atoms with van der Waals surface area (Å²) < 4.78 is 8.83. The number of aromatic amines is 1. The Hall–Kier alpha value is -3.19. The smallest absolute Gasteiger partial charge is 0.151 e. The van der Waals surface area contributed by atoms with Crippen molar-refractivity contribution in [3.63, 3.8) is 0 Å². The number of para-hydroxylation sites is 2. The minimum atomic E-state index is -0.678. The van der Waals surface area contributed by atoms with Gasteiger partial charge >= 0.3 is 0 Å². The fourth-order valence-electron chi connectivity index (χ4n) is 6.06. The number of hydrogen-bond donors (Lipinski definition) is 3. The van der Waals surface area contributed by atoms with Crippen LogP contribution in [0.1, 0.15) is 42.1 Å². The predicted octanol–water partition coefficient (Wildman–Crippen LogP) is 5.20. The molecule has 1 aliphatic heterocycles. The number of H-pyrrole nitrogens is 1. The summed E-state index contributed by atoms with van der Waals surface area (Å²) in [5, 5.41) is 18.1. The Balaban J connectivity index is 1.91. The number of aldehydes is 1. The molecule has 34 heavy (non-hydrogen) atoms. The van der Waals surface area contributed by atoms with Gasteiger partial charge in [0.15, 0.2) is 6.29 Å². The lowest BCUT2D eigenvalue weighted by molar-refractivity contribution is -0.165. The number of ether oxygens (including phenoxy) is 1. The number of carbonyl (C=O) groups excluding carboxylic acids is 1. The van der Waals surface area contributed by atoms with Crippen LogP contribution in [0.3, 0.4) is 0 Å². The van der Waals surface area contributed by atoms with Crippen LogP contribution in [0.4, 0.5) is 0 Å². The molecule has 3 heterocycles. The maximum atomic E-state index is 12.6. The van der Waals surface area contributed by atoms with Gasteiger partial charge in [-0.1, -0.05) is 43.3 Å². The summed E-state index contributed by atoms with van der Waals surface area (Å²) in [5.74, 6) is 0. The molecule has 0 amide bonds. The zero-order valence-corrected chi connectivity index (χ0v) is 19.5. The molecule has 2 aromatic heterocycles. The van der Waals surface area contributed by atoms with E-state index in [1.54, 1.807) is 0 Å². The number of aromatic nitrogens is 2. The number of fused-ring (bicyclic) bond motifs is 7. The van der Waals surface area contributed by atoms with Gasteiger partial charge in [-0.05, 0) is 37.6 Å². The molecule has 1 aliphatic rings. The summed E-state index contributed by atoms with van der Waals surface area (Å²) in [6.07, 6.45) is 2.46. The monoisotopic (exact) mass is 455 g/mol.